The Hall–Kier alpha value is -0.850. The Morgan fingerprint density at radius 2 is 2.06 bits per heavy atom. The highest BCUT2D eigenvalue weighted by atomic mass is 79.9. The zero-order chi connectivity index (χ0) is 13.1. The van der Waals surface area contributed by atoms with Crippen LogP contribution in [0.2, 0.25) is 0 Å². The number of hydrogen-bond acceptors (Lipinski definition) is 1. The van der Waals surface area contributed by atoms with E-state index in [1.165, 1.54) is 6.07 Å². The van der Waals surface area contributed by atoms with E-state index in [4.69, 9.17) is 0 Å². The molecular weight excluding hydrogens is 283 g/mol. The van der Waals surface area contributed by atoms with Crippen molar-refractivity contribution in [2.75, 3.05) is 0 Å². The van der Waals surface area contributed by atoms with Crippen LogP contribution in [0.3, 0.4) is 0 Å². The minimum atomic E-state index is -0.679. The molecule has 0 aromatic heterocycles. The molecule has 1 N–H and O–H groups in total. The third kappa shape index (κ3) is 4.89. The van der Waals surface area contributed by atoms with Crippen molar-refractivity contribution in [1.29, 1.82) is 0 Å². The average molecular weight is 299 g/mol. The second-order valence-electron chi connectivity index (χ2n) is 4.95. The number of hydrogen-bond donors (Lipinski definition) is 1. The molecule has 0 saturated carbocycles. The Morgan fingerprint density at radius 1 is 1.41 bits per heavy atom. The summed E-state index contributed by atoms with van der Waals surface area (Å²) in [5, 5.41) is 9.89. The highest BCUT2D eigenvalue weighted by Crippen LogP contribution is 2.23. The van der Waals surface area contributed by atoms with Crippen LogP contribution in [-0.4, -0.2) is 5.11 Å². The summed E-state index contributed by atoms with van der Waals surface area (Å²) in [6.07, 6.45) is -0.322. The maximum absolute atomic E-state index is 13.0. The lowest BCUT2D eigenvalue weighted by atomic mass is 9.97. The molecule has 0 amide bonds. The minimum absolute atomic E-state index is 0.0664. The molecule has 0 fully saturated rings. The maximum Gasteiger partial charge on any atom is 0.137 e. The molecule has 0 radical (unpaired) electrons. The van der Waals surface area contributed by atoms with Gasteiger partial charge in [0, 0.05) is 11.8 Å². The van der Waals surface area contributed by atoms with Crippen molar-refractivity contribution in [3.05, 3.63) is 34.1 Å². The van der Waals surface area contributed by atoms with Crippen LogP contribution in [0, 0.1) is 23.1 Å². The van der Waals surface area contributed by atoms with Crippen LogP contribution in [-0.2, 0) is 0 Å². The predicted octanol–water partition coefficient (Wildman–Crippen LogP) is 4.06. The van der Waals surface area contributed by atoms with Gasteiger partial charge < -0.3 is 5.11 Å². The van der Waals surface area contributed by atoms with Gasteiger partial charge in [0.05, 0.1) is 10.6 Å². The van der Waals surface area contributed by atoms with Gasteiger partial charge in [-0.05, 0) is 54.4 Å². The molecule has 17 heavy (non-hydrogen) atoms. The molecule has 3 heteroatoms. The topological polar surface area (TPSA) is 20.2 Å². The first kappa shape index (κ1) is 14.2. The van der Waals surface area contributed by atoms with E-state index in [0.717, 1.165) is 0 Å². The third-order valence-corrected chi connectivity index (χ3v) is 2.69. The number of aliphatic hydroxyl groups is 1. The van der Waals surface area contributed by atoms with Crippen LogP contribution >= 0.6 is 15.9 Å². The van der Waals surface area contributed by atoms with Crippen molar-refractivity contribution in [2.45, 2.75) is 33.3 Å². The van der Waals surface area contributed by atoms with Crippen LogP contribution in [0.1, 0.15) is 38.9 Å². The Labute approximate surface area is 110 Å². The summed E-state index contributed by atoms with van der Waals surface area (Å²) in [6.45, 7) is 6.04. The van der Waals surface area contributed by atoms with Crippen LogP contribution in [0.25, 0.3) is 0 Å². The Kier molecular flexibility index (Phi) is 4.73. The van der Waals surface area contributed by atoms with E-state index in [1.54, 1.807) is 12.1 Å². The molecule has 1 atom stereocenters. The summed E-state index contributed by atoms with van der Waals surface area (Å²) >= 11 is 3.09. The van der Waals surface area contributed by atoms with Crippen molar-refractivity contribution < 1.29 is 9.50 Å². The lowest BCUT2D eigenvalue weighted by Crippen LogP contribution is -2.01. The standard InChI is InChI=1S/C14H16BrFO/c1-14(2,3)8-4-5-13(17)10-6-7-12(16)11(15)9-10/h6-7,9,13,17H,5H2,1-3H3. The summed E-state index contributed by atoms with van der Waals surface area (Å²) in [4.78, 5) is 0. The molecule has 1 nitrogen and oxygen atoms in total. The normalized spacial score (nSPS) is 12.8. The van der Waals surface area contributed by atoms with Crippen LogP contribution in [0.15, 0.2) is 22.7 Å². The van der Waals surface area contributed by atoms with Crippen LogP contribution in [0.4, 0.5) is 4.39 Å². The van der Waals surface area contributed by atoms with Gasteiger partial charge >= 0.3 is 0 Å². The third-order valence-electron chi connectivity index (χ3n) is 2.09. The highest BCUT2D eigenvalue weighted by molar-refractivity contribution is 9.10. The van der Waals surface area contributed by atoms with E-state index in [-0.39, 0.29) is 11.2 Å². The van der Waals surface area contributed by atoms with Gasteiger partial charge in [-0.3, -0.25) is 0 Å². The van der Waals surface area contributed by atoms with Crippen molar-refractivity contribution in [1.82, 2.24) is 0 Å². The molecule has 1 rings (SSSR count). The zero-order valence-electron chi connectivity index (χ0n) is 10.2. The molecule has 0 heterocycles. The van der Waals surface area contributed by atoms with E-state index in [1.807, 2.05) is 20.8 Å². The van der Waals surface area contributed by atoms with E-state index >= 15 is 0 Å². The molecule has 0 aliphatic rings. The molecule has 1 aromatic rings. The minimum Gasteiger partial charge on any atom is -0.387 e. The fourth-order valence-electron chi connectivity index (χ4n) is 1.25. The second kappa shape index (κ2) is 5.66. The molecular formula is C14H16BrFO. The first-order valence-corrected chi connectivity index (χ1v) is 6.22. The van der Waals surface area contributed by atoms with Gasteiger partial charge in [-0.1, -0.05) is 17.9 Å². The number of rotatable bonds is 2. The fraction of sp³-hybridized carbons (Fsp3) is 0.429. The molecule has 0 aliphatic carbocycles. The summed E-state index contributed by atoms with van der Waals surface area (Å²) in [6, 6.07) is 4.49. The number of aliphatic hydroxyl groups excluding tert-OH is 1. The van der Waals surface area contributed by atoms with Gasteiger partial charge in [0.2, 0.25) is 0 Å². The molecule has 1 aromatic carbocycles. The second-order valence-corrected chi connectivity index (χ2v) is 5.80. The highest BCUT2D eigenvalue weighted by Gasteiger charge is 2.09. The Balaban J connectivity index is 2.73. The van der Waals surface area contributed by atoms with Gasteiger partial charge in [0.15, 0.2) is 0 Å². The molecule has 0 saturated heterocycles. The lowest BCUT2D eigenvalue weighted by Gasteiger charge is -2.10. The molecule has 92 valence electrons. The van der Waals surface area contributed by atoms with Crippen molar-refractivity contribution in [3.63, 3.8) is 0 Å². The average Bonchev–Trinajstić information content (AvgIpc) is 2.20. The summed E-state index contributed by atoms with van der Waals surface area (Å²) in [5.41, 5.74) is 0.602. The van der Waals surface area contributed by atoms with E-state index in [9.17, 15) is 9.50 Å². The van der Waals surface area contributed by atoms with Crippen molar-refractivity contribution in [3.8, 4) is 11.8 Å². The molecule has 0 aliphatic heterocycles. The van der Waals surface area contributed by atoms with Gasteiger partial charge in [-0.2, -0.15) is 0 Å². The number of halogens is 2. The molecule has 0 bridgehead atoms. The molecule has 1 unspecified atom stereocenters. The predicted molar refractivity (Wildman–Crippen MR) is 70.9 cm³/mol. The lowest BCUT2D eigenvalue weighted by molar-refractivity contribution is 0.183. The summed E-state index contributed by atoms with van der Waals surface area (Å²) in [5.74, 6) is 5.67. The van der Waals surface area contributed by atoms with Gasteiger partial charge in [-0.25, -0.2) is 4.39 Å². The summed E-state index contributed by atoms with van der Waals surface area (Å²) in [7, 11) is 0. The first-order valence-electron chi connectivity index (χ1n) is 5.42. The fourth-order valence-corrected chi connectivity index (χ4v) is 1.65. The SMILES string of the molecule is CC(C)(C)C#CCC(O)c1ccc(F)c(Br)c1. The zero-order valence-corrected chi connectivity index (χ0v) is 11.8. The monoisotopic (exact) mass is 298 g/mol. The van der Waals surface area contributed by atoms with E-state index < -0.39 is 6.10 Å². The maximum atomic E-state index is 13.0. The van der Waals surface area contributed by atoms with E-state index in [0.29, 0.717) is 16.5 Å². The summed E-state index contributed by atoms with van der Waals surface area (Å²) < 4.78 is 13.4. The Bertz CT molecular complexity index is 452. The Morgan fingerprint density at radius 3 is 2.59 bits per heavy atom. The first-order chi connectivity index (χ1) is 7.79. The van der Waals surface area contributed by atoms with Gasteiger partial charge in [0.25, 0.3) is 0 Å². The largest absolute Gasteiger partial charge is 0.387 e. The molecule has 0 spiro atoms. The van der Waals surface area contributed by atoms with Gasteiger partial charge in [0.1, 0.15) is 5.82 Å². The smallest absolute Gasteiger partial charge is 0.137 e. The van der Waals surface area contributed by atoms with Crippen molar-refractivity contribution in [2.24, 2.45) is 5.41 Å². The van der Waals surface area contributed by atoms with E-state index in [2.05, 4.69) is 27.8 Å². The number of benzene rings is 1. The van der Waals surface area contributed by atoms with Crippen molar-refractivity contribution >= 4 is 15.9 Å². The quantitative estimate of drug-likeness (QED) is 0.816. The van der Waals surface area contributed by atoms with Gasteiger partial charge in [-0.15, -0.1) is 0 Å². The van der Waals surface area contributed by atoms with Crippen LogP contribution in [0.5, 0.6) is 0 Å². The van der Waals surface area contributed by atoms with Crippen LogP contribution < -0.4 is 0 Å².